The number of amides is 2. The third-order valence-corrected chi connectivity index (χ3v) is 5.15. The molecule has 25 heavy (non-hydrogen) atoms. The van der Waals surface area contributed by atoms with Crippen LogP contribution in [0.2, 0.25) is 5.02 Å². The molecule has 0 radical (unpaired) electrons. The van der Waals surface area contributed by atoms with Crippen LogP contribution in [0.3, 0.4) is 0 Å². The molecule has 1 saturated heterocycles. The van der Waals surface area contributed by atoms with Gasteiger partial charge in [-0.05, 0) is 50.4 Å². The quantitative estimate of drug-likeness (QED) is 0.815. The van der Waals surface area contributed by atoms with Gasteiger partial charge in [0.15, 0.2) is 0 Å². The van der Waals surface area contributed by atoms with Crippen molar-refractivity contribution >= 4 is 29.1 Å². The van der Waals surface area contributed by atoms with E-state index in [1.54, 1.807) is 18.2 Å². The van der Waals surface area contributed by atoms with E-state index in [4.69, 9.17) is 11.6 Å². The highest BCUT2D eigenvalue weighted by Crippen LogP contribution is 2.31. The summed E-state index contributed by atoms with van der Waals surface area (Å²) in [6.45, 7) is 5.42. The number of carbonyl (C=O) groups is 2. The number of hydrogen-bond acceptors (Lipinski definition) is 3. The van der Waals surface area contributed by atoms with E-state index in [0.29, 0.717) is 28.4 Å². The Hall–Kier alpha value is -1.59. The monoisotopic (exact) mass is 363 g/mol. The molecule has 1 heterocycles. The topological polar surface area (TPSA) is 61.4 Å². The molecule has 3 rings (SSSR count). The first-order chi connectivity index (χ1) is 12.0. The second-order valence-corrected chi connectivity index (χ2v) is 7.73. The van der Waals surface area contributed by atoms with Gasteiger partial charge in [-0.15, -0.1) is 0 Å². The maximum atomic E-state index is 13.1. The molecule has 2 fully saturated rings. The Balaban J connectivity index is 1.77. The van der Waals surface area contributed by atoms with Gasteiger partial charge in [-0.25, -0.2) is 0 Å². The lowest BCUT2D eigenvalue weighted by Gasteiger charge is -2.26. The number of nitrogens with zero attached hydrogens (tertiary/aromatic N) is 1. The lowest BCUT2D eigenvalue weighted by atomic mass is 10.1. The molecule has 0 aromatic heterocycles. The molecule has 1 aromatic carbocycles. The van der Waals surface area contributed by atoms with Crippen LogP contribution in [0.15, 0.2) is 18.2 Å². The van der Waals surface area contributed by atoms with Crippen LogP contribution in [0.4, 0.5) is 5.69 Å². The molecule has 136 valence electrons. The Morgan fingerprint density at radius 2 is 2.08 bits per heavy atom. The molecule has 0 bridgehead atoms. The summed E-state index contributed by atoms with van der Waals surface area (Å²) in [6.07, 6.45) is 4.38. The molecule has 0 spiro atoms. The van der Waals surface area contributed by atoms with E-state index in [0.717, 1.165) is 38.8 Å². The van der Waals surface area contributed by atoms with E-state index in [-0.39, 0.29) is 17.7 Å². The highest BCUT2D eigenvalue weighted by Gasteiger charge is 2.35. The Bertz CT molecular complexity index is 652. The maximum Gasteiger partial charge on any atom is 0.255 e. The summed E-state index contributed by atoms with van der Waals surface area (Å²) in [5, 5.41) is 6.73. The molecule has 2 N–H and O–H groups in total. The van der Waals surface area contributed by atoms with E-state index >= 15 is 0 Å². The van der Waals surface area contributed by atoms with Crippen molar-refractivity contribution in [1.82, 2.24) is 10.2 Å². The zero-order chi connectivity index (χ0) is 18.0. The third kappa shape index (κ3) is 4.53. The van der Waals surface area contributed by atoms with Gasteiger partial charge in [-0.3, -0.25) is 9.59 Å². The average molecular weight is 364 g/mol. The van der Waals surface area contributed by atoms with Crippen LogP contribution in [-0.2, 0) is 4.79 Å². The number of benzene rings is 1. The molecule has 2 amide bonds. The van der Waals surface area contributed by atoms with Crippen molar-refractivity contribution in [2.45, 2.75) is 51.6 Å². The summed E-state index contributed by atoms with van der Waals surface area (Å²) >= 11 is 6.30. The van der Waals surface area contributed by atoms with E-state index in [9.17, 15) is 9.59 Å². The van der Waals surface area contributed by atoms with Crippen molar-refractivity contribution in [2.24, 2.45) is 5.92 Å². The fourth-order valence-corrected chi connectivity index (χ4v) is 3.34. The summed E-state index contributed by atoms with van der Waals surface area (Å²) in [4.78, 5) is 27.0. The molecule has 1 saturated carbocycles. The first-order valence-electron chi connectivity index (χ1n) is 9.10. The lowest BCUT2D eigenvalue weighted by molar-refractivity contribution is -0.118. The van der Waals surface area contributed by atoms with Gasteiger partial charge in [0.25, 0.3) is 5.91 Å². The van der Waals surface area contributed by atoms with Gasteiger partial charge in [0.05, 0.1) is 10.6 Å². The Labute approximate surface area is 154 Å². The number of carbonyl (C=O) groups excluding carboxylic acids is 2. The number of nitrogens with one attached hydrogen (secondary N) is 2. The van der Waals surface area contributed by atoms with E-state index in [1.165, 1.54) is 0 Å². The van der Waals surface area contributed by atoms with Gasteiger partial charge in [0.1, 0.15) is 0 Å². The molecular weight excluding hydrogens is 338 g/mol. The predicted molar refractivity (Wildman–Crippen MR) is 100 cm³/mol. The van der Waals surface area contributed by atoms with Crippen LogP contribution >= 0.6 is 11.6 Å². The van der Waals surface area contributed by atoms with Crippen LogP contribution < -0.4 is 10.6 Å². The standard InChI is InChI=1S/C19H26ClN3O2/c1-12(2)18(24)22-13-5-8-17(20)16(10-13)19(25)23(15-6-7-15)11-14-4-3-9-21-14/h5,8,10,12,14-15,21H,3-4,6-7,9,11H2,1-2H3,(H,22,24). The molecule has 1 atom stereocenters. The zero-order valence-corrected chi connectivity index (χ0v) is 15.6. The van der Waals surface area contributed by atoms with Crippen molar-refractivity contribution in [3.63, 3.8) is 0 Å². The molecule has 1 aliphatic heterocycles. The minimum atomic E-state index is -0.119. The number of anilines is 1. The van der Waals surface area contributed by atoms with Crippen molar-refractivity contribution in [3.05, 3.63) is 28.8 Å². The Morgan fingerprint density at radius 3 is 2.68 bits per heavy atom. The van der Waals surface area contributed by atoms with Gasteiger partial charge in [0, 0.05) is 30.2 Å². The molecule has 1 aromatic rings. The van der Waals surface area contributed by atoms with E-state index < -0.39 is 0 Å². The molecule has 5 nitrogen and oxygen atoms in total. The number of halogens is 1. The zero-order valence-electron chi connectivity index (χ0n) is 14.8. The normalized spacial score (nSPS) is 19.9. The van der Waals surface area contributed by atoms with Gasteiger partial charge < -0.3 is 15.5 Å². The molecule has 6 heteroatoms. The van der Waals surface area contributed by atoms with Crippen molar-refractivity contribution in [2.75, 3.05) is 18.4 Å². The SMILES string of the molecule is CC(C)C(=O)Nc1ccc(Cl)c(C(=O)N(CC2CCCN2)C2CC2)c1. The van der Waals surface area contributed by atoms with Crippen molar-refractivity contribution < 1.29 is 9.59 Å². The van der Waals surface area contributed by atoms with Crippen LogP contribution in [0.25, 0.3) is 0 Å². The van der Waals surface area contributed by atoms with Crippen molar-refractivity contribution in [3.8, 4) is 0 Å². The lowest BCUT2D eigenvalue weighted by Crippen LogP contribution is -2.42. The van der Waals surface area contributed by atoms with Gasteiger partial charge in [-0.1, -0.05) is 25.4 Å². The summed E-state index contributed by atoms with van der Waals surface area (Å²) < 4.78 is 0. The first-order valence-corrected chi connectivity index (χ1v) is 9.48. The maximum absolute atomic E-state index is 13.1. The smallest absolute Gasteiger partial charge is 0.255 e. The minimum Gasteiger partial charge on any atom is -0.334 e. The second kappa shape index (κ2) is 7.75. The van der Waals surface area contributed by atoms with E-state index in [1.807, 2.05) is 18.7 Å². The van der Waals surface area contributed by atoms with E-state index in [2.05, 4.69) is 10.6 Å². The minimum absolute atomic E-state index is 0.0400. The fraction of sp³-hybridized carbons (Fsp3) is 0.579. The molecular formula is C19H26ClN3O2. The summed E-state index contributed by atoms with van der Waals surface area (Å²) in [5.41, 5.74) is 1.08. The largest absolute Gasteiger partial charge is 0.334 e. The Morgan fingerprint density at radius 1 is 1.32 bits per heavy atom. The average Bonchev–Trinajstić information content (AvgIpc) is 3.29. The highest BCUT2D eigenvalue weighted by molar-refractivity contribution is 6.34. The van der Waals surface area contributed by atoms with Crippen LogP contribution in [0.5, 0.6) is 0 Å². The van der Waals surface area contributed by atoms with Crippen molar-refractivity contribution in [1.29, 1.82) is 0 Å². The Kier molecular flexibility index (Phi) is 5.64. The number of hydrogen-bond donors (Lipinski definition) is 2. The van der Waals surface area contributed by atoms with Crippen LogP contribution in [-0.4, -0.2) is 41.9 Å². The van der Waals surface area contributed by atoms with Gasteiger partial charge in [0.2, 0.25) is 5.91 Å². The van der Waals surface area contributed by atoms with Crippen LogP contribution in [0.1, 0.15) is 49.9 Å². The summed E-state index contributed by atoms with van der Waals surface area (Å²) in [5.74, 6) is -0.233. The first kappa shape index (κ1) is 18.2. The van der Waals surface area contributed by atoms with Gasteiger partial charge in [-0.2, -0.15) is 0 Å². The highest BCUT2D eigenvalue weighted by atomic mass is 35.5. The third-order valence-electron chi connectivity index (χ3n) is 4.82. The molecule has 1 aliphatic carbocycles. The van der Waals surface area contributed by atoms with Crippen LogP contribution in [0, 0.1) is 5.92 Å². The molecule has 2 aliphatic rings. The number of rotatable bonds is 6. The predicted octanol–water partition coefficient (Wildman–Crippen LogP) is 3.29. The molecule has 1 unspecified atom stereocenters. The summed E-state index contributed by atoms with van der Waals surface area (Å²) in [6, 6.07) is 5.80. The fourth-order valence-electron chi connectivity index (χ4n) is 3.14. The van der Waals surface area contributed by atoms with Gasteiger partial charge >= 0.3 is 0 Å². The second-order valence-electron chi connectivity index (χ2n) is 7.32. The summed E-state index contributed by atoms with van der Waals surface area (Å²) in [7, 11) is 0.